The highest BCUT2D eigenvalue weighted by molar-refractivity contribution is 5.79. The van der Waals surface area contributed by atoms with Crippen LogP contribution in [0.5, 0.6) is 0 Å². The molecule has 0 unspecified atom stereocenters. The minimum absolute atomic E-state index is 0.591. The van der Waals surface area contributed by atoms with E-state index in [0.29, 0.717) is 12.1 Å². The fourth-order valence-electron chi connectivity index (χ4n) is 3.03. The molecule has 0 radical (unpaired) electrons. The lowest BCUT2D eigenvalue weighted by Crippen LogP contribution is -2.39. The summed E-state index contributed by atoms with van der Waals surface area (Å²) >= 11 is 0. The maximum atomic E-state index is 5.35. The molecule has 1 aliphatic rings. The number of nitrogens with zero attached hydrogens (tertiary/aromatic N) is 2. The van der Waals surface area contributed by atoms with Gasteiger partial charge in [0.1, 0.15) is 0 Å². The van der Waals surface area contributed by atoms with Crippen molar-refractivity contribution < 1.29 is 4.74 Å². The highest BCUT2D eigenvalue weighted by Gasteiger charge is 2.12. The van der Waals surface area contributed by atoms with Gasteiger partial charge >= 0.3 is 0 Å². The first-order valence-corrected chi connectivity index (χ1v) is 9.58. The molecule has 0 fully saturated rings. The van der Waals surface area contributed by atoms with Gasteiger partial charge < -0.3 is 15.4 Å². The van der Waals surface area contributed by atoms with Crippen LogP contribution in [0.3, 0.4) is 0 Å². The van der Waals surface area contributed by atoms with Gasteiger partial charge in [-0.1, -0.05) is 11.6 Å². The second-order valence-electron chi connectivity index (χ2n) is 6.90. The highest BCUT2D eigenvalue weighted by Crippen LogP contribution is 2.10. The molecule has 0 aromatic heterocycles. The number of hydrogen-bond acceptors (Lipinski definition) is 3. The molecule has 0 amide bonds. The van der Waals surface area contributed by atoms with Crippen molar-refractivity contribution in [1.29, 1.82) is 0 Å². The molecule has 1 rings (SSSR count). The molecule has 0 aromatic carbocycles. The van der Waals surface area contributed by atoms with Gasteiger partial charge in [0.15, 0.2) is 5.96 Å². The molecule has 0 aliphatic carbocycles. The molecule has 0 spiro atoms. The number of hydrogen-bond donors (Lipinski definition) is 2. The first-order valence-electron chi connectivity index (χ1n) is 9.58. The fourth-order valence-corrected chi connectivity index (χ4v) is 3.03. The van der Waals surface area contributed by atoms with E-state index in [4.69, 9.17) is 9.73 Å². The van der Waals surface area contributed by atoms with E-state index in [1.165, 1.54) is 5.57 Å². The molecule has 5 heteroatoms. The summed E-state index contributed by atoms with van der Waals surface area (Å²) in [4.78, 5) is 7.23. The van der Waals surface area contributed by atoms with Crippen molar-refractivity contribution in [1.82, 2.24) is 15.5 Å². The lowest BCUT2D eigenvalue weighted by Gasteiger charge is -2.30. The number of guanidine groups is 1. The number of nitrogens with one attached hydrogen (secondary N) is 2. The van der Waals surface area contributed by atoms with E-state index >= 15 is 0 Å². The second kappa shape index (κ2) is 12.3. The zero-order valence-corrected chi connectivity index (χ0v) is 16.4. The van der Waals surface area contributed by atoms with Gasteiger partial charge in [-0.2, -0.15) is 0 Å². The van der Waals surface area contributed by atoms with E-state index in [2.05, 4.69) is 56.2 Å². The molecule has 5 nitrogen and oxygen atoms in total. The van der Waals surface area contributed by atoms with Gasteiger partial charge in [0, 0.05) is 38.3 Å². The molecule has 1 heterocycles. The van der Waals surface area contributed by atoms with Crippen LogP contribution in [0.25, 0.3) is 0 Å². The van der Waals surface area contributed by atoms with Crippen LogP contribution in [-0.2, 0) is 4.74 Å². The number of aliphatic imine (C=N–C) groups is 1. The molecule has 0 bridgehead atoms. The van der Waals surface area contributed by atoms with Crippen LogP contribution in [0, 0.1) is 0 Å². The third-order valence-corrected chi connectivity index (χ3v) is 4.31. The van der Waals surface area contributed by atoms with Crippen LogP contribution in [0.2, 0.25) is 0 Å². The van der Waals surface area contributed by atoms with Crippen molar-refractivity contribution in [3.05, 3.63) is 11.6 Å². The summed E-state index contributed by atoms with van der Waals surface area (Å²) in [5.41, 5.74) is 1.49. The van der Waals surface area contributed by atoms with E-state index < -0.39 is 0 Å². The Bertz CT molecular complexity index is 383. The summed E-state index contributed by atoms with van der Waals surface area (Å²) in [6.07, 6.45) is 5.44. The third-order valence-electron chi connectivity index (χ3n) is 4.31. The normalized spacial score (nSPS) is 16.0. The quantitative estimate of drug-likeness (QED) is 0.278. The van der Waals surface area contributed by atoms with Crippen LogP contribution < -0.4 is 10.6 Å². The van der Waals surface area contributed by atoms with Crippen molar-refractivity contribution in [3.63, 3.8) is 0 Å². The van der Waals surface area contributed by atoms with Crippen molar-refractivity contribution in [2.75, 3.05) is 39.4 Å². The average molecular weight is 339 g/mol. The molecule has 0 atom stereocenters. The van der Waals surface area contributed by atoms with E-state index in [1.807, 2.05) is 0 Å². The van der Waals surface area contributed by atoms with E-state index in [-0.39, 0.29) is 0 Å². The number of rotatable bonds is 10. The molecule has 2 N–H and O–H groups in total. The Hall–Kier alpha value is -1.07. The minimum atomic E-state index is 0.591. The topological polar surface area (TPSA) is 48.9 Å². The Morgan fingerprint density at radius 2 is 2.00 bits per heavy atom. The van der Waals surface area contributed by atoms with Crippen LogP contribution in [0.4, 0.5) is 0 Å². The van der Waals surface area contributed by atoms with Crippen molar-refractivity contribution >= 4 is 5.96 Å². The largest absolute Gasteiger partial charge is 0.377 e. The molecule has 0 aromatic rings. The van der Waals surface area contributed by atoms with Gasteiger partial charge in [0.2, 0.25) is 0 Å². The fraction of sp³-hybridized carbons (Fsp3) is 0.842. The van der Waals surface area contributed by atoms with Gasteiger partial charge in [-0.25, -0.2) is 0 Å². The molecular weight excluding hydrogens is 300 g/mol. The predicted octanol–water partition coefficient (Wildman–Crippen LogP) is 2.79. The van der Waals surface area contributed by atoms with Crippen molar-refractivity contribution in [3.8, 4) is 0 Å². The first-order chi connectivity index (χ1) is 11.5. The van der Waals surface area contributed by atoms with Gasteiger partial charge in [-0.3, -0.25) is 9.89 Å². The molecule has 140 valence electrons. The Morgan fingerprint density at radius 1 is 1.25 bits per heavy atom. The summed E-state index contributed by atoms with van der Waals surface area (Å²) < 4.78 is 5.35. The molecular formula is C19H38N4O. The Balaban J connectivity index is 2.32. The van der Waals surface area contributed by atoms with Gasteiger partial charge in [-0.05, 0) is 53.9 Å². The summed E-state index contributed by atoms with van der Waals surface area (Å²) in [7, 11) is 0. The Labute approximate surface area is 148 Å². The lowest BCUT2D eigenvalue weighted by molar-refractivity contribution is 0.153. The highest BCUT2D eigenvalue weighted by atomic mass is 16.5. The zero-order chi connectivity index (χ0) is 17.8. The summed E-state index contributed by atoms with van der Waals surface area (Å²) in [6.45, 7) is 16.6. The van der Waals surface area contributed by atoms with Crippen molar-refractivity contribution in [2.24, 2.45) is 4.99 Å². The molecule has 0 saturated heterocycles. The standard InChI is InChI=1S/C19H38N4O/c1-6-20-19(22-12-8-18-9-14-24-15-10-18)21-11-7-13-23(16(2)3)17(4)5/h9,16-17H,6-8,10-15H2,1-5H3,(H2,20,21,22). The SMILES string of the molecule is CCNC(=NCCCN(C(C)C)C(C)C)NCCC1=CCOCC1. The first kappa shape index (κ1) is 21.0. The Morgan fingerprint density at radius 3 is 2.58 bits per heavy atom. The van der Waals surface area contributed by atoms with Crippen LogP contribution in [0.1, 0.15) is 53.9 Å². The summed E-state index contributed by atoms with van der Waals surface area (Å²) in [5, 5.41) is 6.78. The molecule has 24 heavy (non-hydrogen) atoms. The predicted molar refractivity (Wildman–Crippen MR) is 104 cm³/mol. The molecule has 1 aliphatic heterocycles. The summed E-state index contributed by atoms with van der Waals surface area (Å²) in [6, 6.07) is 1.18. The molecule has 0 saturated carbocycles. The van der Waals surface area contributed by atoms with E-state index in [9.17, 15) is 0 Å². The number of ether oxygens (including phenoxy) is 1. The Kier molecular flexibility index (Phi) is 10.8. The third kappa shape index (κ3) is 8.69. The second-order valence-corrected chi connectivity index (χ2v) is 6.90. The van der Waals surface area contributed by atoms with Gasteiger partial charge in [0.05, 0.1) is 13.2 Å². The maximum absolute atomic E-state index is 5.35. The zero-order valence-electron chi connectivity index (χ0n) is 16.4. The lowest BCUT2D eigenvalue weighted by atomic mass is 10.1. The van der Waals surface area contributed by atoms with Crippen molar-refractivity contribution in [2.45, 2.75) is 66.0 Å². The van der Waals surface area contributed by atoms with E-state index in [0.717, 1.165) is 64.6 Å². The summed E-state index contributed by atoms with van der Waals surface area (Å²) in [5.74, 6) is 0.936. The van der Waals surface area contributed by atoms with Crippen LogP contribution in [-0.4, -0.2) is 62.3 Å². The van der Waals surface area contributed by atoms with E-state index in [1.54, 1.807) is 0 Å². The van der Waals surface area contributed by atoms with Gasteiger partial charge in [-0.15, -0.1) is 0 Å². The smallest absolute Gasteiger partial charge is 0.191 e. The van der Waals surface area contributed by atoms with Gasteiger partial charge in [0.25, 0.3) is 0 Å². The van der Waals surface area contributed by atoms with Crippen LogP contribution >= 0.6 is 0 Å². The average Bonchev–Trinajstić information content (AvgIpc) is 2.54. The van der Waals surface area contributed by atoms with Crippen LogP contribution in [0.15, 0.2) is 16.6 Å². The minimum Gasteiger partial charge on any atom is -0.377 e. The monoisotopic (exact) mass is 338 g/mol. The maximum Gasteiger partial charge on any atom is 0.191 e.